The molecule has 0 radical (unpaired) electrons. The Morgan fingerprint density at radius 2 is 2.36 bits per heavy atom. The standard InChI is InChI=1S/C11H20N2O/c1-4-5-9-7-12-10(6-8(2)3)11(14)13-9/h4,8-10,12H,1,5-7H2,2-3H3,(H,13,14)/t9-,10-/m0/s1. The molecule has 0 saturated carbocycles. The summed E-state index contributed by atoms with van der Waals surface area (Å²) in [5.41, 5.74) is 0. The molecule has 0 unspecified atom stereocenters. The molecule has 3 heteroatoms. The topological polar surface area (TPSA) is 41.1 Å². The van der Waals surface area contributed by atoms with Crippen LogP contribution in [0.1, 0.15) is 26.7 Å². The van der Waals surface area contributed by atoms with Crippen LogP contribution >= 0.6 is 0 Å². The minimum absolute atomic E-state index is 0.00364. The van der Waals surface area contributed by atoms with Gasteiger partial charge in [0.15, 0.2) is 0 Å². The Kier molecular flexibility index (Phi) is 4.14. The van der Waals surface area contributed by atoms with Gasteiger partial charge in [0.05, 0.1) is 6.04 Å². The Morgan fingerprint density at radius 3 is 2.86 bits per heavy atom. The third-order valence-electron chi connectivity index (χ3n) is 2.43. The fourth-order valence-electron chi connectivity index (χ4n) is 1.74. The normalized spacial score (nSPS) is 27.5. The molecule has 0 aliphatic carbocycles. The molecular formula is C11H20N2O. The van der Waals surface area contributed by atoms with E-state index in [9.17, 15) is 4.79 Å². The van der Waals surface area contributed by atoms with Gasteiger partial charge in [0.25, 0.3) is 0 Å². The summed E-state index contributed by atoms with van der Waals surface area (Å²) in [7, 11) is 0. The fourth-order valence-corrected chi connectivity index (χ4v) is 1.74. The summed E-state index contributed by atoms with van der Waals surface area (Å²) in [5.74, 6) is 0.686. The van der Waals surface area contributed by atoms with Gasteiger partial charge in [-0.25, -0.2) is 0 Å². The van der Waals surface area contributed by atoms with Crippen LogP contribution in [0.3, 0.4) is 0 Å². The van der Waals surface area contributed by atoms with Gasteiger partial charge in [-0.2, -0.15) is 0 Å². The first kappa shape index (κ1) is 11.2. The molecule has 1 amide bonds. The van der Waals surface area contributed by atoms with E-state index in [4.69, 9.17) is 0 Å². The van der Waals surface area contributed by atoms with Crippen LogP contribution in [0.4, 0.5) is 0 Å². The van der Waals surface area contributed by atoms with E-state index in [1.165, 1.54) is 0 Å². The van der Waals surface area contributed by atoms with Crippen molar-refractivity contribution in [2.75, 3.05) is 6.54 Å². The van der Waals surface area contributed by atoms with Crippen LogP contribution in [0.2, 0.25) is 0 Å². The van der Waals surface area contributed by atoms with Crippen LogP contribution in [0, 0.1) is 5.92 Å². The van der Waals surface area contributed by atoms with E-state index in [1.54, 1.807) is 0 Å². The van der Waals surface area contributed by atoms with E-state index in [0.29, 0.717) is 5.92 Å². The van der Waals surface area contributed by atoms with Crippen molar-refractivity contribution in [1.29, 1.82) is 0 Å². The maximum absolute atomic E-state index is 11.6. The molecule has 0 aromatic heterocycles. The van der Waals surface area contributed by atoms with Crippen molar-refractivity contribution in [1.82, 2.24) is 10.6 Å². The molecule has 1 fully saturated rings. The van der Waals surface area contributed by atoms with Gasteiger partial charge in [-0.05, 0) is 18.8 Å². The lowest BCUT2D eigenvalue weighted by molar-refractivity contribution is -0.125. The highest BCUT2D eigenvalue weighted by atomic mass is 16.2. The van der Waals surface area contributed by atoms with E-state index in [1.807, 2.05) is 6.08 Å². The molecular weight excluding hydrogens is 176 g/mol. The molecule has 1 rings (SSSR count). The minimum atomic E-state index is -0.00364. The number of hydrogen-bond acceptors (Lipinski definition) is 2. The number of nitrogens with one attached hydrogen (secondary N) is 2. The third kappa shape index (κ3) is 3.14. The quantitative estimate of drug-likeness (QED) is 0.660. The number of piperazine rings is 1. The highest BCUT2D eigenvalue weighted by Gasteiger charge is 2.26. The van der Waals surface area contributed by atoms with Crippen molar-refractivity contribution >= 4 is 5.91 Å². The summed E-state index contributed by atoms with van der Waals surface area (Å²) < 4.78 is 0. The number of carbonyl (C=O) groups excluding carboxylic acids is 1. The lowest BCUT2D eigenvalue weighted by Crippen LogP contribution is -2.58. The molecule has 14 heavy (non-hydrogen) atoms. The summed E-state index contributed by atoms with van der Waals surface area (Å²) in [6.45, 7) is 8.78. The Bertz CT molecular complexity index is 213. The molecule has 80 valence electrons. The monoisotopic (exact) mass is 196 g/mol. The molecule has 2 N–H and O–H groups in total. The summed E-state index contributed by atoms with van der Waals surface area (Å²) in [6.07, 6.45) is 3.59. The third-order valence-corrected chi connectivity index (χ3v) is 2.43. The summed E-state index contributed by atoms with van der Waals surface area (Å²) in [4.78, 5) is 11.6. The van der Waals surface area contributed by atoms with Crippen molar-refractivity contribution in [2.24, 2.45) is 5.92 Å². The van der Waals surface area contributed by atoms with Crippen LogP contribution in [0.25, 0.3) is 0 Å². The summed E-state index contributed by atoms with van der Waals surface area (Å²) in [5, 5.41) is 6.28. The van der Waals surface area contributed by atoms with Gasteiger partial charge < -0.3 is 10.6 Å². The molecule has 3 nitrogen and oxygen atoms in total. The molecule has 1 heterocycles. The zero-order valence-corrected chi connectivity index (χ0v) is 9.05. The molecule has 0 aromatic carbocycles. The fraction of sp³-hybridized carbons (Fsp3) is 0.727. The van der Waals surface area contributed by atoms with Gasteiger partial charge in [-0.3, -0.25) is 4.79 Å². The van der Waals surface area contributed by atoms with Gasteiger partial charge in [-0.15, -0.1) is 6.58 Å². The van der Waals surface area contributed by atoms with Crippen molar-refractivity contribution in [3.8, 4) is 0 Å². The predicted molar refractivity (Wildman–Crippen MR) is 58.0 cm³/mol. The van der Waals surface area contributed by atoms with Gasteiger partial charge in [0.1, 0.15) is 0 Å². The number of carbonyl (C=O) groups is 1. The number of rotatable bonds is 4. The Morgan fingerprint density at radius 1 is 1.64 bits per heavy atom. The summed E-state index contributed by atoms with van der Waals surface area (Å²) in [6, 6.07) is 0.222. The first-order valence-electron chi connectivity index (χ1n) is 5.28. The first-order valence-corrected chi connectivity index (χ1v) is 5.28. The molecule has 1 saturated heterocycles. The smallest absolute Gasteiger partial charge is 0.237 e. The molecule has 0 aromatic rings. The highest BCUT2D eigenvalue weighted by molar-refractivity contribution is 5.82. The van der Waals surface area contributed by atoms with E-state index < -0.39 is 0 Å². The van der Waals surface area contributed by atoms with Crippen molar-refractivity contribution in [3.05, 3.63) is 12.7 Å². The Balaban J connectivity index is 2.39. The average molecular weight is 196 g/mol. The SMILES string of the molecule is C=CC[C@H]1CN[C@@H](CC(C)C)C(=O)N1. The van der Waals surface area contributed by atoms with Crippen molar-refractivity contribution in [3.63, 3.8) is 0 Å². The van der Waals surface area contributed by atoms with Crippen LogP contribution in [-0.2, 0) is 4.79 Å². The van der Waals surface area contributed by atoms with Gasteiger partial charge >= 0.3 is 0 Å². The molecule has 2 atom stereocenters. The second-order valence-corrected chi connectivity index (χ2v) is 4.32. The van der Waals surface area contributed by atoms with E-state index in [-0.39, 0.29) is 18.0 Å². The van der Waals surface area contributed by atoms with Crippen LogP contribution in [-0.4, -0.2) is 24.5 Å². The Hall–Kier alpha value is -0.830. The lowest BCUT2D eigenvalue weighted by atomic mass is 10.00. The van der Waals surface area contributed by atoms with Gasteiger partial charge in [0, 0.05) is 12.6 Å². The van der Waals surface area contributed by atoms with Crippen LogP contribution in [0.5, 0.6) is 0 Å². The highest BCUT2D eigenvalue weighted by Crippen LogP contribution is 2.08. The molecule has 0 spiro atoms. The number of hydrogen-bond donors (Lipinski definition) is 2. The van der Waals surface area contributed by atoms with Crippen molar-refractivity contribution < 1.29 is 4.79 Å². The van der Waals surface area contributed by atoms with Crippen molar-refractivity contribution in [2.45, 2.75) is 38.8 Å². The molecule has 1 aliphatic heterocycles. The average Bonchev–Trinajstić information content (AvgIpc) is 2.10. The summed E-state index contributed by atoms with van der Waals surface area (Å²) >= 11 is 0. The predicted octanol–water partition coefficient (Wildman–Crippen LogP) is 1.07. The van der Waals surface area contributed by atoms with E-state index >= 15 is 0 Å². The Labute approximate surface area is 86.0 Å². The molecule has 1 aliphatic rings. The van der Waals surface area contributed by atoms with Gasteiger partial charge in [0.2, 0.25) is 5.91 Å². The lowest BCUT2D eigenvalue weighted by Gasteiger charge is -2.30. The maximum atomic E-state index is 11.6. The minimum Gasteiger partial charge on any atom is -0.350 e. The number of amides is 1. The van der Waals surface area contributed by atoms with E-state index in [0.717, 1.165) is 19.4 Å². The second kappa shape index (κ2) is 5.15. The molecule has 0 bridgehead atoms. The van der Waals surface area contributed by atoms with Gasteiger partial charge in [-0.1, -0.05) is 19.9 Å². The first-order chi connectivity index (χ1) is 6.63. The maximum Gasteiger partial charge on any atom is 0.237 e. The second-order valence-electron chi connectivity index (χ2n) is 4.32. The van der Waals surface area contributed by atoms with Crippen LogP contribution < -0.4 is 10.6 Å². The van der Waals surface area contributed by atoms with Crippen LogP contribution in [0.15, 0.2) is 12.7 Å². The largest absolute Gasteiger partial charge is 0.350 e. The zero-order valence-electron chi connectivity index (χ0n) is 9.05. The van der Waals surface area contributed by atoms with E-state index in [2.05, 4.69) is 31.1 Å². The zero-order chi connectivity index (χ0) is 10.6.